The van der Waals surface area contributed by atoms with Crippen molar-refractivity contribution in [2.24, 2.45) is 5.92 Å². The lowest BCUT2D eigenvalue weighted by Crippen LogP contribution is -2.26. The molecule has 1 aromatic rings. The van der Waals surface area contributed by atoms with Gasteiger partial charge in [-0.3, -0.25) is 4.68 Å². The van der Waals surface area contributed by atoms with Crippen LogP contribution in [0.5, 0.6) is 5.75 Å². The Bertz CT molecular complexity index is 334. The van der Waals surface area contributed by atoms with Crippen LogP contribution in [-0.2, 0) is 11.3 Å². The second-order valence-electron chi connectivity index (χ2n) is 4.44. The van der Waals surface area contributed by atoms with E-state index in [4.69, 9.17) is 9.47 Å². The number of aliphatic hydroxyl groups is 1. The topological polar surface area (TPSA) is 56.5 Å². The van der Waals surface area contributed by atoms with Gasteiger partial charge in [-0.15, -0.1) is 0 Å². The fraction of sp³-hybridized carbons (Fsp3) is 0.750. The van der Waals surface area contributed by atoms with E-state index in [9.17, 15) is 5.11 Å². The summed E-state index contributed by atoms with van der Waals surface area (Å²) >= 11 is 0. The maximum Gasteiger partial charge on any atom is 0.157 e. The average Bonchev–Trinajstić information content (AvgIpc) is 2.97. The molecule has 5 nitrogen and oxygen atoms in total. The van der Waals surface area contributed by atoms with Crippen molar-refractivity contribution in [2.75, 3.05) is 19.8 Å². The third kappa shape index (κ3) is 3.44. The van der Waals surface area contributed by atoms with Gasteiger partial charge in [0.1, 0.15) is 0 Å². The van der Waals surface area contributed by atoms with E-state index in [1.54, 1.807) is 10.9 Å². The summed E-state index contributed by atoms with van der Waals surface area (Å²) in [6, 6.07) is 0. The SMILES string of the molecule is CCCOc1cnn(CC(O)C2CCOC2)c1. The van der Waals surface area contributed by atoms with Crippen LogP contribution in [0.1, 0.15) is 19.8 Å². The Morgan fingerprint density at radius 2 is 2.59 bits per heavy atom. The molecule has 17 heavy (non-hydrogen) atoms. The molecule has 2 rings (SSSR count). The van der Waals surface area contributed by atoms with Crippen molar-refractivity contribution in [3.63, 3.8) is 0 Å². The van der Waals surface area contributed by atoms with Gasteiger partial charge in [-0.1, -0.05) is 6.92 Å². The van der Waals surface area contributed by atoms with E-state index in [1.165, 1.54) is 0 Å². The minimum absolute atomic E-state index is 0.235. The van der Waals surface area contributed by atoms with E-state index in [0.29, 0.717) is 19.8 Å². The largest absolute Gasteiger partial charge is 0.490 e. The van der Waals surface area contributed by atoms with Gasteiger partial charge in [0.25, 0.3) is 0 Å². The standard InChI is InChI=1S/C12H20N2O3/c1-2-4-17-11-6-13-14(7-11)8-12(15)10-3-5-16-9-10/h6-7,10,12,15H,2-5,8-9H2,1H3. The van der Waals surface area contributed by atoms with Gasteiger partial charge >= 0.3 is 0 Å². The van der Waals surface area contributed by atoms with Gasteiger partial charge in [-0.2, -0.15) is 5.10 Å². The van der Waals surface area contributed by atoms with Gasteiger partial charge in [0, 0.05) is 12.5 Å². The number of hydrogen-bond donors (Lipinski definition) is 1. The molecule has 2 heterocycles. The molecule has 1 aliphatic rings. The number of nitrogens with zero attached hydrogens (tertiary/aromatic N) is 2. The summed E-state index contributed by atoms with van der Waals surface area (Å²) in [5.41, 5.74) is 0. The molecule has 0 aliphatic carbocycles. The molecule has 0 radical (unpaired) electrons. The highest BCUT2D eigenvalue weighted by Crippen LogP contribution is 2.18. The van der Waals surface area contributed by atoms with Crippen molar-refractivity contribution < 1.29 is 14.6 Å². The van der Waals surface area contributed by atoms with Crippen LogP contribution < -0.4 is 4.74 Å². The zero-order valence-electron chi connectivity index (χ0n) is 10.2. The van der Waals surface area contributed by atoms with Crippen LogP contribution in [0.25, 0.3) is 0 Å². The highest BCUT2D eigenvalue weighted by atomic mass is 16.5. The maximum atomic E-state index is 10.0. The Kier molecular flexibility index (Phi) is 4.39. The third-order valence-corrected chi connectivity index (χ3v) is 2.97. The molecule has 1 aliphatic heterocycles. The first-order chi connectivity index (χ1) is 8.29. The van der Waals surface area contributed by atoms with Crippen LogP contribution in [0, 0.1) is 5.92 Å². The predicted octanol–water partition coefficient (Wildman–Crippen LogP) is 1.07. The summed E-state index contributed by atoms with van der Waals surface area (Å²) in [5.74, 6) is 1.00. The van der Waals surface area contributed by atoms with Gasteiger partial charge < -0.3 is 14.6 Å². The summed E-state index contributed by atoms with van der Waals surface area (Å²) < 4.78 is 12.4. The Morgan fingerprint density at radius 3 is 3.29 bits per heavy atom. The Hall–Kier alpha value is -1.07. The lowest BCUT2D eigenvalue weighted by atomic mass is 10.0. The first-order valence-corrected chi connectivity index (χ1v) is 6.20. The Morgan fingerprint density at radius 1 is 1.71 bits per heavy atom. The van der Waals surface area contributed by atoms with Crippen LogP contribution in [0.3, 0.4) is 0 Å². The highest BCUT2D eigenvalue weighted by molar-refractivity contribution is 5.11. The molecular formula is C12H20N2O3. The number of aromatic nitrogens is 2. The lowest BCUT2D eigenvalue weighted by Gasteiger charge is -2.15. The molecule has 2 atom stereocenters. The zero-order valence-corrected chi connectivity index (χ0v) is 10.2. The molecule has 2 unspecified atom stereocenters. The van der Waals surface area contributed by atoms with Crippen LogP contribution in [0.15, 0.2) is 12.4 Å². The monoisotopic (exact) mass is 240 g/mol. The van der Waals surface area contributed by atoms with Crippen molar-refractivity contribution in [1.29, 1.82) is 0 Å². The van der Waals surface area contributed by atoms with E-state index >= 15 is 0 Å². The molecular weight excluding hydrogens is 220 g/mol. The minimum Gasteiger partial charge on any atom is -0.490 e. The van der Waals surface area contributed by atoms with Gasteiger partial charge in [-0.05, 0) is 12.8 Å². The van der Waals surface area contributed by atoms with Gasteiger partial charge in [-0.25, -0.2) is 0 Å². The molecule has 0 spiro atoms. The third-order valence-electron chi connectivity index (χ3n) is 2.97. The molecule has 1 N–H and O–H groups in total. The van der Waals surface area contributed by atoms with Gasteiger partial charge in [0.2, 0.25) is 0 Å². The minimum atomic E-state index is -0.392. The number of hydrogen-bond acceptors (Lipinski definition) is 4. The van der Waals surface area contributed by atoms with E-state index < -0.39 is 6.10 Å². The van der Waals surface area contributed by atoms with E-state index in [-0.39, 0.29) is 5.92 Å². The second kappa shape index (κ2) is 6.02. The molecule has 1 fully saturated rings. The van der Waals surface area contributed by atoms with Crippen molar-refractivity contribution >= 4 is 0 Å². The van der Waals surface area contributed by atoms with Gasteiger partial charge in [0.05, 0.1) is 38.3 Å². The molecule has 0 saturated carbocycles. The fourth-order valence-corrected chi connectivity index (χ4v) is 1.94. The first kappa shape index (κ1) is 12.4. The van der Waals surface area contributed by atoms with Crippen LogP contribution in [0.2, 0.25) is 0 Å². The first-order valence-electron chi connectivity index (χ1n) is 6.20. The maximum absolute atomic E-state index is 10.0. The summed E-state index contributed by atoms with van der Waals surface area (Å²) in [6.45, 7) is 4.68. The number of ether oxygens (including phenoxy) is 2. The van der Waals surface area contributed by atoms with E-state index in [0.717, 1.165) is 25.2 Å². The highest BCUT2D eigenvalue weighted by Gasteiger charge is 2.24. The summed E-state index contributed by atoms with van der Waals surface area (Å²) in [4.78, 5) is 0. The predicted molar refractivity (Wildman–Crippen MR) is 62.9 cm³/mol. The summed E-state index contributed by atoms with van der Waals surface area (Å²) in [7, 11) is 0. The zero-order chi connectivity index (χ0) is 12.1. The number of aliphatic hydroxyl groups excluding tert-OH is 1. The molecule has 1 aromatic heterocycles. The van der Waals surface area contributed by atoms with Crippen molar-refractivity contribution in [1.82, 2.24) is 9.78 Å². The molecule has 5 heteroatoms. The molecule has 1 saturated heterocycles. The van der Waals surface area contributed by atoms with Crippen molar-refractivity contribution in [3.8, 4) is 5.75 Å². The van der Waals surface area contributed by atoms with Crippen molar-refractivity contribution in [3.05, 3.63) is 12.4 Å². The van der Waals surface area contributed by atoms with Crippen LogP contribution in [-0.4, -0.2) is 40.8 Å². The quantitative estimate of drug-likeness (QED) is 0.808. The molecule has 0 bridgehead atoms. The van der Waals surface area contributed by atoms with Crippen LogP contribution >= 0.6 is 0 Å². The van der Waals surface area contributed by atoms with E-state index in [2.05, 4.69) is 12.0 Å². The Balaban J connectivity index is 1.83. The van der Waals surface area contributed by atoms with Crippen molar-refractivity contribution in [2.45, 2.75) is 32.4 Å². The van der Waals surface area contributed by atoms with E-state index in [1.807, 2.05) is 6.20 Å². The molecule has 0 amide bonds. The van der Waals surface area contributed by atoms with Gasteiger partial charge in [0.15, 0.2) is 5.75 Å². The lowest BCUT2D eigenvalue weighted by molar-refractivity contribution is 0.0748. The van der Waals surface area contributed by atoms with Crippen LogP contribution in [0.4, 0.5) is 0 Å². The summed E-state index contributed by atoms with van der Waals surface area (Å²) in [5, 5.41) is 14.2. The Labute approximate surface area is 101 Å². The fourth-order valence-electron chi connectivity index (χ4n) is 1.94. The molecule has 0 aromatic carbocycles. The second-order valence-corrected chi connectivity index (χ2v) is 4.44. The molecule has 96 valence electrons. The smallest absolute Gasteiger partial charge is 0.157 e. The summed E-state index contributed by atoms with van der Waals surface area (Å²) in [6.07, 6.45) is 5.04. The number of rotatable bonds is 6. The average molecular weight is 240 g/mol. The normalized spacial score (nSPS) is 21.6.